The van der Waals surface area contributed by atoms with Crippen LogP contribution < -0.4 is 5.32 Å². The fraction of sp³-hybridized carbons (Fsp3) is 0.350. The molecule has 1 amide bonds. The second-order valence-corrected chi connectivity index (χ2v) is 6.59. The minimum Gasteiger partial charge on any atom is -0.448 e. The molecular weight excluding hydrogens is 332 g/mol. The van der Waals surface area contributed by atoms with E-state index in [0.29, 0.717) is 17.2 Å². The maximum absolute atomic E-state index is 12.3. The third kappa shape index (κ3) is 4.59. The van der Waals surface area contributed by atoms with E-state index in [2.05, 4.69) is 19.2 Å². The Morgan fingerprint density at radius 2 is 1.69 bits per heavy atom. The van der Waals surface area contributed by atoms with Crippen LogP contribution in [0.5, 0.6) is 0 Å². The van der Waals surface area contributed by atoms with Gasteiger partial charge in [-0.15, -0.1) is 0 Å². The highest BCUT2D eigenvalue weighted by atomic mass is 16.5. The summed E-state index contributed by atoms with van der Waals surface area (Å²) in [7, 11) is 1.64. The number of benzene rings is 1. The molecule has 0 bridgehead atoms. The molecule has 0 aliphatic rings. The van der Waals surface area contributed by atoms with E-state index < -0.39 is 18.0 Å². The van der Waals surface area contributed by atoms with Crippen molar-refractivity contribution >= 4 is 23.3 Å². The number of hydrogen-bond acceptors (Lipinski definition) is 4. The first-order valence-corrected chi connectivity index (χ1v) is 8.48. The van der Waals surface area contributed by atoms with E-state index in [1.54, 1.807) is 13.2 Å². The van der Waals surface area contributed by atoms with Crippen molar-refractivity contribution in [2.45, 2.75) is 39.7 Å². The summed E-state index contributed by atoms with van der Waals surface area (Å²) in [5.41, 5.74) is 2.45. The zero-order valence-corrected chi connectivity index (χ0v) is 15.7. The van der Waals surface area contributed by atoms with Gasteiger partial charge in [-0.25, -0.2) is 4.79 Å². The van der Waals surface area contributed by atoms with Gasteiger partial charge in [0.05, 0.1) is 0 Å². The molecule has 0 saturated carbocycles. The Balaban J connectivity index is 2.00. The zero-order valence-electron chi connectivity index (χ0n) is 15.7. The first kappa shape index (κ1) is 19.4. The summed E-state index contributed by atoms with van der Waals surface area (Å²) < 4.78 is 6.73. The highest BCUT2D eigenvalue weighted by Gasteiger charge is 2.22. The van der Waals surface area contributed by atoms with Crippen LogP contribution in [-0.4, -0.2) is 28.3 Å². The Kier molecular flexibility index (Phi) is 5.97. The Labute approximate surface area is 153 Å². The van der Waals surface area contributed by atoms with Gasteiger partial charge in [-0.1, -0.05) is 26.0 Å². The van der Waals surface area contributed by atoms with Gasteiger partial charge in [-0.2, -0.15) is 0 Å². The van der Waals surface area contributed by atoms with Gasteiger partial charge in [0.15, 0.2) is 11.9 Å². The van der Waals surface area contributed by atoms with E-state index in [-0.39, 0.29) is 11.5 Å². The maximum Gasteiger partial charge on any atom is 0.355 e. The normalized spacial score (nSPS) is 11.9. The number of nitrogens with zero attached hydrogens (tertiary/aromatic N) is 1. The molecule has 2 aromatic rings. The van der Waals surface area contributed by atoms with Crippen molar-refractivity contribution in [3.63, 3.8) is 0 Å². The van der Waals surface area contributed by atoms with Crippen molar-refractivity contribution in [1.82, 2.24) is 4.57 Å². The van der Waals surface area contributed by atoms with Crippen molar-refractivity contribution in [3.8, 4) is 0 Å². The van der Waals surface area contributed by atoms with Crippen LogP contribution in [0.2, 0.25) is 0 Å². The van der Waals surface area contributed by atoms with Crippen molar-refractivity contribution in [2.75, 3.05) is 5.32 Å². The highest BCUT2D eigenvalue weighted by molar-refractivity contribution is 5.99. The minimum absolute atomic E-state index is 0.143. The predicted octanol–water partition coefficient (Wildman–Crippen LogP) is 3.54. The molecular formula is C20H24N2O4. The van der Waals surface area contributed by atoms with Crippen LogP contribution in [0.25, 0.3) is 0 Å². The smallest absolute Gasteiger partial charge is 0.355 e. The molecule has 138 valence electrons. The molecule has 0 aliphatic heterocycles. The number of carbonyl (C=O) groups is 3. The van der Waals surface area contributed by atoms with Crippen LogP contribution >= 0.6 is 0 Å². The monoisotopic (exact) mass is 356 g/mol. The molecule has 0 aliphatic carbocycles. The lowest BCUT2D eigenvalue weighted by Gasteiger charge is -2.14. The molecule has 0 radical (unpaired) electrons. The number of hydrogen-bond donors (Lipinski definition) is 1. The van der Waals surface area contributed by atoms with Crippen molar-refractivity contribution in [2.24, 2.45) is 7.05 Å². The molecule has 1 aromatic heterocycles. The largest absolute Gasteiger partial charge is 0.448 e. The van der Waals surface area contributed by atoms with E-state index in [0.717, 1.165) is 0 Å². The third-order valence-electron chi connectivity index (χ3n) is 4.12. The summed E-state index contributed by atoms with van der Waals surface area (Å²) in [6.45, 7) is 7.11. The van der Waals surface area contributed by atoms with E-state index in [1.807, 2.05) is 24.3 Å². The topological polar surface area (TPSA) is 77.4 Å². The summed E-state index contributed by atoms with van der Waals surface area (Å²) in [6.07, 6.45) is 0.586. The maximum atomic E-state index is 12.3. The first-order valence-electron chi connectivity index (χ1n) is 8.48. The molecule has 0 unspecified atom stereocenters. The minimum atomic E-state index is -0.969. The number of carbonyl (C=O) groups excluding carboxylic acids is 3. The van der Waals surface area contributed by atoms with Gasteiger partial charge in [-0.3, -0.25) is 9.59 Å². The lowest BCUT2D eigenvalue weighted by molar-refractivity contribution is -0.123. The summed E-state index contributed by atoms with van der Waals surface area (Å²) >= 11 is 0. The fourth-order valence-electron chi connectivity index (χ4n) is 2.43. The Bertz CT molecular complexity index is 819. The Morgan fingerprint density at radius 1 is 1.08 bits per heavy atom. The molecule has 6 heteroatoms. The van der Waals surface area contributed by atoms with Crippen LogP contribution in [0.15, 0.2) is 36.5 Å². The number of nitrogens with one attached hydrogen (secondary N) is 1. The average Bonchev–Trinajstić information content (AvgIpc) is 2.97. The second kappa shape index (κ2) is 7.99. The van der Waals surface area contributed by atoms with Gasteiger partial charge in [0, 0.05) is 24.5 Å². The quantitative estimate of drug-likeness (QED) is 0.634. The number of ketones is 1. The lowest BCUT2D eigenvalue weighted by atomic mass is 10.0. The summed E-state index contributed by atoms with van der Waals surface area (Å²) in [5, 5.41) is 2.73. The van der Waals surface area contributed by atoms with Crippen LogP contribution in [0.1, 0.15) is 60.0 Å². The predicted molar refractivity (Wildman–Crippen MR) is 99.5 cm³/mol. The van der Waals surface area contributed by atoms with Crippen LogP contribution in [0, 0.1) is 0 Å². The molecule has 0 spiro atoms. The standard InChI is InChI=1S/C20H24N2O4/c1-12(2)15-6-8-17(9-7-15)21-19(24)14(4)26-20(25)18-10-16(13(3)23)11-22(18)5/h6-12,14H,1-5H3,(H,21,24)/t14-/m0/s1. The summed E-state index contributed by atoms with van der Waals surface area (Å²) in [5.74, 6) is -0.811. The molecule has 26 heavy (non-hydrogen) atoms. The Hall–Kier alpha value is -2.89. The van der Waals surface area contributed by atoms with Crippen molar-refractivity contribution in [3.05, 3.63) is 53.3 Å². The average molecular weight is 356 g/mol. The fourth-order valence-corrected chi connectivity index (χ4v) is 2.43. The van der Waals surface area contributed by atoms with Gasteiger partial charge >= 0.3 is 5.97 Å². The number of anilines is 1. The number of esters is 1. The Morgan fingerprint density at radius 3 is 2.19 bits per heavy atom. The van der Waals surface area contributed by atoms with Gasteiger partial charge in [0.25, 0.3) is 5.91 Å². The van der Waals surface area contributed by atoms with Gasteiger partial charge < -0.3 is 14.6 Å². The summed E-state index contributed by atoms with van der Waals surface area (Å²) in [4.78, 5) is 35.9. The molecule has 6 nitrogen and oxygen atoms in total. The second-order valence-electron chi connectivity index (χ2n) is 6.59. The van der Waals surface area contributed by atoms with E-state index in [4.69, 9.17) is 4.74 Å². The molecule has 2 rings (SSSR count). The van der Waals surface area contributed by atoms with E-state index in [1.165, 1.54) is 30.0 Å². The number of amides is 1. The third-order valence-corrected chi connectivity index (χ3v) is 4.12. The molecule has 0 saturated heterocycles. The number of aromatic nitrogens is 1. The zero-order chi connectivity index (χ0) is 19.4. The number of Topliss-reactive ketones (excluding diaryl/α,β-unsaturated/α-hetero) is 1. The van der Waals surface area contributed by atoms with Crippen molar-refractivity contribution in [1.29, 1.82) is 0 Å². The number of rotatable bonds is 6. The van der Waals surface area contributed by atoms with Crippen LogP contribution in [0.4, 0.5) is 5.69 Å². The molecule has 1 N–H and O–H groups in total. The molecule has 1 aromatic carbocycles. The van der Waals surface area contributed by atoms with Crippen LogP contribution in [-0.2, 0) is 16.6 Å². The molecule has 1 atom stereocenters. The summed E-state index contributed by atoms with van der Waals surface area (Å²) in [6, 6.07) is 8.99. The highest BCUT2D eigenvalue weighted by Crippen LogP contribution is 2.17. The van der Waals surface area contributed by atoms with Gasteiger partial charge in [-0.05, 0) is 43.5 Å². The first-order chi connectivity index (χ1) is 12.2. The number of aryl methyl sites for hydroxylation is 1. The SMILES string of the molecule is CC(=O)c1cc(C(=O)O[C@@H](C)C(=O)Nc2ccc(C(C)C)cc2)n(C)c1. The van der Waals surface area contributed by atoms with E-state index in [9.17, 15) is 14.4 Å². The van der Waals surface area contributed by atoms with E-state index >= 15 is 0 Å². The van der Waals surface area contributed by atoms with Crippen molar-refractivity contribution < 1.29 is 19.1 Å². The van der Waals surface area contributed by atoms with Gasteiger partial charge in [0.1, 0.15) is 5.69 Å². The lowest BCUT2D eigenvalue weighted by Crippen LogP contribution is -2.30. The van der Waals surface area contributed by atoms with Gasteiger partial charge in [0.2, 0.25) is 0 Å². The van der Waals surface area contributed by atoms with Crippen LogP contribution in [0.3, 0.4) is 0 Å². The molecule has 0 fully saturated rings. The molecule has 1 heterocycles. The number of ether oxygens (including phenoxy) is 1.